The van der Waals surface area contributed by atoms with Gasteiger partial charge in [0.2, 0.25) is 5.91 Å². The van der Waals surface area contributed by atoms with Crippen LogP contribution in [0.15, 0.2) is 17.5 Å². The van der Waals surface area contributed by atoms with Crippen LogP contribution in [0.4, 0.5) is 0 Å². The van der Waals surface area contributed by atoms with Gasteiger partial charge in [0.15, 0.2) is 0 Å². The highest BCUT2D eigenvalue weighted by molar-refractivity contribution is 7.09. The Morgan fingerprint density at radius 2 is 2.44 bits per heavy atom. The molecule has 2 N–H and O–H groups in total. The van der Waals surface area contributed by atoms with Crippen LogP contribution >= 0.6 is 11.3 Å². The van der Waals surface area contributed by atoms with Gasteiger partial charge in [-0.15, -0.1) is 11.3 Å². The summed E-state index contributed by atoms with van der Waals surface area (Å²) in [5.74, 6) is 0.0907. The molecule has 0 aromatic carbocycles. The first kappa shape index (κ1) is 13.2. The average molecular weight is 242 g/mol. The summed E-state index contributed by atoms with van der Waals surface area (Å²) in [5, 5.41) is 2.01. The van der Waals surface area contributed by atoms with Crippen LogP contribution in [0.3, 0.4) is 0 Å². The van der Waals surface area contributed by atoms with Gasteiger partial charge in [-0.05, 0) is 11.4 Å². The molecule has 0 aliphatic rings. The molecule has 1 amide bonds. The molecule has 0 aliphatic heterocycles. The monoisotopic (exact) mass is 242 g/mol. The Balaban J connectivity index is 2.52. The van der Waals surface area contributed by atoms with Crippen molar-refractivity contribution < 1.29 is 9.53 Å². The van der Waals surface area contributed by atoms with Crippen molar-refractivity contribution in [3.8, 4) is 0 Å². The van der Waals surface area contributed by atoms with Crippen LogP contribution in [-0.4, -0.2) is 37.6 Å². The van der Waals surface area contributed by atoms with Crippen molar-refractivity contribution in [3.05, 3.63) is 22.4 Å². The number of rotatable bonds is 7. The Labute approximate surface area is 100 Å². The highest BCUT2D eigenvalue weighted by Crippen LogP contribution is 2.12. The number of hydrogen-bond acceptors (Lipinski definition) is 4. The molecule has 1 aromatic heterocycles. The molecule has 0 saturated carbocycles. The molecule has 0 bridgehead atoms. The van der Waals surface area contributed by atoms with E-state index in [0.717, 1.165) is 0 Å². The first-order valence-corrected chi connectivity index (χ1v) is 6.15. The lowest BCUT2D eigenvalue weighted by Gasteiger charge is -2.21. The largest absolute Gasteiger partial charge is 0.383 e. The molecule has 0 aliphatic carbocycles. The Kier molecular flexibility index (Phi) is 6.07. The molecule has 0 saturated heterocycles. The zero-order valence-corrected chi connectivity index (χ0v) is 10.3. The predicted octanol–water partition coefficient (Wildman–Crippen LogP) is 1.07. The standard InChI is InChI=1S/C11H18N2O2S/c1-15-7-6-13(11(14)4-5-12)9-10-3-2-8-16-10/h2-3,8H,4-7,9,12H2,1H3. The van der Waals surface area contributed by atoms with E-state index in [1.165, 1.54) is 4.88 Å². The van der Waals surface area contributed by atoms with E-state index in [0.29, 0.717) is 32.7 Å². The summed E-state index contributed by atoms with van der Waals surface area (Å²) in [6.07, 6.45) is 0.398. The lowest BCUT2D eigenvalue weighted by molar-refractivity contribution is -0.132. The smallest absolute Gasteiger partial charge is 0.224 e. The van der Waals surface area contributed by atoms with Crippen molar-refractivity contribution in [3.63, 3.8) is 0 Å². The van der Waals surface area contributed by atoms with Gasteiger partial charge in [0, 0.05) is 31.5 Å². The Hall–Kier alpha value is -0.910. The van der Waals surface area contributed by atoms with Crippen molar-refractivity contribution in [1.82, 2.24) is 4.90 Å². The first-order chi connectivity index (χ1) is 7.77. The maximum absolute atomic E-state index is 11.8. The zero-order chi connectivity index (χ0) is 11.8. The van der Waals surface area contributed by atoms with Crippen molar-refractivity contribution >= 4 is 17.2 Å². The van der Waals surface area contributed by atoms with Gasteiger partial charge >= 0.3 is 0 Å². The fourth-order valence-electron chi connectivity index (χ4n) is 1.37. The third kappa shape index (κ3) is 4.30. The van der Waals surface area contributed by atoms with Gasteiger partial charge < -0.3 is 15.4 Å². The fourth-order valence-corrected chi connectivity index (χ4v) is 2.09. The Morgan fingerprint density at radius 3 is 3.00 bits per heavy atom. The van der Waals surface area contributed by atoms with E-state index < -0.39 is 0 Å². The molecule has 1 heterocycles. The van der Waals surface area contributed by atoms with Gasteiger partial charge in [-0.3, -0.25) is 4.79 Å². The molecular formula is C11H18N2O2S. The number of hydrogen-bond donors (Lipinski definition) is 1. The van der Waals surface area contributed by atoms with Crippen molar-refractivity contribution in [1.29, 1.82) is 0 Å². The minimum absolute atomic E-state index is 0.0907. The summed E-state index contributed by atoms with van der Waals surface area (Å²) in [5.41, 5.74) is 5.39. The van der Waals surface area contributed by atoms with Crippen LogP contribution in [0, 0.1) is 0 Å². The topological polar surface area (TPSA) is 55.6 Å². The van der Waals surface area contributed by atoms with Gasteiger partial charge in [-0.25, -0.2) is 0 Å². The van der Waals surface area contributed by atoms with Crippen LogP contribution in [-0.2, 0) is 16.1 Å². The molecule has 16 heavy (non-hydrogen) atoms. The number of amides is 1. The molecule has 0 spiro atoms. The van der Waals surface area contributed by atoms with E-state index in [2.05, 4.69) is 0 Å². The van der Waals surface area contributed by atoms with E-state index in [1.54, 1.807) is 23.3 Å². The summed E-state index contributed by atoms with van der Waals surface area (Å²) in [4.78, 5) is 14.7. The lowest BCUT2D eigenvalue weighted by atomic mass is 10.3. The van der Waals surface area contributed by atoms with Crippen LogP contribution in [0.2, 0.25) is 0 Å². The summed E-state index contributed by atoms with van der Waals surface area (Å²) in [6.45, 7) is 2.22. The number of nitrogens with zero attached hydrogens (tertiary/aromatic N) is 1. The van der Waals surface area contributed by atoms with Crippen molar-refractivity contribution in [2.45, 2.75) is 13.0 Å². The normalized spacial score (nSPS) is 10.4. The van der Waals surface area contributed by atoms with Crippen LogP contribution < -0.4 is 5.73 Å². The van der Waals surface area contributed by atoms with Gasteiger partial charge in [-0.1, -0.05) is 6.07 Å². The first-order valence-electron chi connectivity index (χ1n) is 5.27. The number of ether oxygens (including phenoxy) is 1. The molecule has 0 radical (unpaired) electrons. The highest BCUT2D eigenvalue weighted by Gasteiger charge is 2.13. The van der Waals surface area contributed by atoms with Crippen molar-refractivity contribution in [2.24, 2.45) is 5.73 Å². The van der Waals surface area contributed by atoms with Crippen LogP contribution in [0.5, 0.6) is 0 Å². The minimum atomic E-state index is 0.0907. The SMILES string of the molecule is COCCN(Cc1cccs1)C(=O)CCN. The summed E-state index contributed by atoms with van der Waals surface area (Å²) in [6, 6.07) is 4.02. The maximum Gasteiger partial charge on any atom is 0.224 e. The number of thiophene rings is 1. The average Bonchev–Trinajstić information content (AvgIpc) is 2.77. The summed E-state index contributed by atoms with van der Waals surface area (Å²) >= 11 is 1.65. The van der Waals surface area contributed by atoms with Crippen LogP contribution in [0.1, 0.15) is 11.3 Å². The quantitative estimate of drug-likeness (QED) is 0.778. The predicted molar refractivity (Wildman–Crippen MR) is 65.3 cm³/mol. The molecule has 1 rings (SSSR count). The van der Waals surface area contributed by atoms with Gasteiger partial charge in [0.05, 0.1) is 13.2 Å². The number of nitrogens with two attached hydrogens (primary N) is 1. The molecule has 0 unspecified atom stereocenters. The van der Waals surface area contributed by atoms with E-state index in [9.17, 15) is 4.79 Å². The van der Waals surface area contributed by atoms with E-state index in [4.69, 9.17) is 10.5 Å². The van der Waals surface area contributed by atoms with Gasteiger partial charge in [0.1, 0.15) is 0 Å². The molecule has 1 aromatic rings. The summed E-state index contributed by atoms with van der Waals surface area (Å²) in [7, 11) is 1.64. The number of carbonyl (C=O) groups excluding carboxylic acids is 1. The van der Waals surface area contributed by atoms with E-state index in [1.807, 2.05) is 17.5 Å². The Morgan fingerprint density at radius 1 is 1.62 bits per heavy atom. The molecule has 90 valence electrons. The van der Waals surface area contributed by atoms with E-state index >= 15 is 0 Å². The van der Waals surface area contributed by atoms with Gasteiger partial charge in [0.25, 0.3) is 0 Å². The minimum Gasteiger partial charge on any atom is -0.383 e. The molecule has 5 heteroatoms. The summed E-state index contributed by atoms with van der Waals surface area (Å²) < 4.78 is 5.00. The van der Waals surface area contributed by atoms with Crippen molar-refractivity contribution in [2.75, 3.05) is 26.8 Å². The van der Waals surface area contributed by atoms with Gasteiger partial charge in [-0.2, -0.15) is 0 Å². The fraction of sp³-hybridized carbons (Fsp3) is 0.545. The molecule has 4 nitrogen and oxygen atoms in total. The lowest BCUT2D eigenvalue weighted by Crippen LogP contribution is -2.34. The zero-order valence-electron chi connectivity index (χ0n) is 9.52. The maximum atomic E-state index is 11.8. The second-order valence-corrected chi connectivity index (χ2v) is 4.46. The third-order valence-electron chi connectivity index (χ3n) is 2.20. The van der Waals surface area contributed by atoms with E-state index in [-0.39, 0.29) is 5.91 Å². The Bertz CT molecular complexity index is 301. The molecule has 0 atom stereocenters. The second-order valence-electron chi connectivity index (χ2n) is 3.43. The second kappa shape index (κ2) is 7.38. The van der Waals surface area contributed by atoms with Crippen LogP contribution in [0.25, 0.3) is 0 Å². The highest BCUT2D eigenvalue weighted by atomic mass is 32.1. The third-order valence-corrected chi connectivity index (χ3v) is 3.06. The number of methoxy groups -OCH3 is 1. The molecule has 0 fully saturated rings. The molecular weight excluding hydrogens is 224 g/mol. The number of carbonyl (C=O) groups is 1.